The van der Waals surface area contributed by atoms with Crippen molar-refractivity contribution in [1.82, 2.24) is 14.5 Å². The smallest absolute Gasteiger partial charge is 0.213 e. The molecule has 0 atom stereocenters. The molecular weight excluding hydrogens is 214 g/mol. The van der Waals surface area contributed by atoms with E-state index in [1.165, 1.54) is 4.31 Å². The lowest BCUT2D eigenvalue weighted by Gasteiger charge is -2.27. The number of rotatable bonds is 5. The van der Waals surface area contributed by atoms with Gasteiger partial charge < -0.3 is 10.2 Å². The molecule has 15 heavy (non-hydrogen) atoms. The van der Waals surface area contributed by atoms with Gasteiger partial charge in [-0.05, 0) is 13.0 Å². The van der Waals surface area contributed by atoms with Crippen LogP contribution < -0.4 is 5.32 Å². The van der Waals surface area contributed by atoms with Crippen LogP contribution in [0.4, 0.5) is 0 Å². The molecule has 0 aromatic rings. The highest BCUT2D eigenvalue weighted by Crippen LogP contribution is 2.00. The van der Waals surface area contributed by atoms with Gasteiger partial charge in [0.25, 0.3) is 0 Å². The average Bonchev–Trinajstić information content (AvgIpc) is 2.19. The van der Waals surface area contributed by atoms with Gasteiger partial charge in [-0.15, -0.1) is 0 Å². The van der Waals surface area contributed by atoms with Crippen LogP contribution in [0, 0.1) is 0 Å². The van der Waals surface area contributed by atoms with Crippen molar-refractivity contribution in [2.24, 2.45) is 0 Å². The summed E-state index contributed by atoms with van der Waals surface area (Å²) < 4.78 is 24.2. The topological polar surface area (TPSA) is 52.7 Å². The molecule has 6 heteroatoms. The van der Waals surface area contributed by atoms with Crippen LogP contribution in [0.2, 0.25) is 0 Å². The predicted octanol–water partition coefficient (Wildman–Crippen LogP) is -0.827. The van der Waals surface area contributed by atoms with E-state index < -0.39 is 10.0 Å². The Morgan fingerprint density at radius 3 is 2.40 bits per heavy atom. The fourth-order valence-electron chi connectivity index (χ4n) is 1.59. The van der Waals surface area contributed by atoms with Crippen LogP contribution in [0.15, 0.2) is 0 Å². The number of piperazine rings is 1. The second-order valence-electron chi connectivity index (χ2n) is 4.04. The Morgan fingerprint density at radius 2 is 1.87 bits per heavy atom. The molecule has 1 heterocycles. The van der Waals surface area contributed by atoms with E-state index >= 15 is 0 Å². The fourth-order valence-corrected chi connectivity index (χ4v) is 2.45. The van der Waals surface area contributed by atoms with Crippen LogP contribution >= 0.6 is 0 Å². The highest BCUT2D eigenvalue weighted by atomic mass is 32.2. The molecule has 0 unspecified atom stereocenters. The SMILES string of the molecule is CN(C)S(=O)(=O)CCCN1CCNCC1. The predicted molar refractivity (Wildman–Crippen MR) is 61.4 cm³/mol. The first-order chi connectivity index (χ1) is 7.02. The Balaban J connectivity index is 2.20. The lowest BCUT2D eigenvalue weighted by atomic mass is 10.3. The molecule has 1 aliphatic heterocycles. The highest BCUT2D eigenvalue weighted by molar-refractivity contribution is 7.89. The molecule has 1 rings (SSSR count). The molecule has 0 aromatic carbocycles. The standard InChI is InChI=1S/C9H21N3O2S/c1-11(2)15(13,14)9-3-6-12-7-4-10-5-8-12/h10H,3-9H2,1-2H3. The zero-order valence-electron chi connectivity index (χ0n) is 9.57. The van der Waals surface area contributed by atoms with Crippen LogP contribution in [-0.2, 0) is 10.0 Å². The molecule has 5 nitrogen and oxygen atoms in total. The quantitative estimate of drug-likeness (QED) is 0.676. The van der Waals surface area contributed by atoms with Crippen LogP contribution in [0.1, 0.15) is 6.42 Å². The summed E-state index contributed by atoms with van der Waals surface area (Å²) in [7, 11) is 0.159. The van der Waals surface area contributed by atoms with Crippen molar-refractivity contribution in [2.45, 2.75) is 6.42 Å². The number of sulfonamides is 1. The van der Waals surface area contributed by atoms with Gasteiger partial charge in [-0.1, -0.05) is 0 Å². The molecule has 1 aliphatic rings. The third-order valence-corrected chi connectivity index (χ3v) is 4.56. The minimum absolute atomic E-state index is 0.254. The van der Waals surface area contributed by atoms with Crippen molar-refractivity contribution >= 4 is 10.0 Å². The molecule has 0 radical (unpaired) electrons. The Labute approximate surface area is 92.5 Å². The summed E-state index contributed by atoms with van der Waals surface area (Å²) in [5, 5.41) is 3.27. The van der Waals surface area contributed by atoms with Crippen molar-refractivity contribution in [3.05, 3.63) is 0 Å². The maximum Gasteiger partial charge on any atom is 0.213 e. The van der Waals surface area contributed by atoms with Crippen LogP contribution in [0.25, 0.3) is 0 Å². The van der Waals surface area contributed by atoms with Crippen LogP contribution in [-0.4, -0.2) is 70.2 Å². The zero-order chi connectivity index (χ0) is 11.3. The van der Waals surface area contributed by atoms with Gasteiger partial charge in [0.1, 0.15) is 0 Å². The summed E-state index contributed by atoms with van der Waals surface area (Å²) in [6.07, 6.45) is 0.723. The minimum Gasteiger partial charge on any atom is -0.314 e. The van der Waals surface area contributed by atoms with Gasteiger partial charge in [-0.3, -0.25) is 0 Å². The number of nitrogens with one attached hydrogen (secondary N) is 1. The maximum absolute atomic E-state index is 11.5. The van der Waals surface area contributed by atoms with Crippen molar-refractivity contribution in [3.8, 4) is 0 Å². The lowest BCUT2D eigenvalue weighted by molar-refractivity contribution is 0.241. The van der Waals surface area contributed by atoms with Crippen molar-refractivity contribution < 1.29 is 8.42 Å². The largest absolute Gasteiger partial charge is 0.314 e. The zero-order valence-corrected chi connectivity index (χ0v) is 10.4. The van der Waals surface area contributed by atoms with Crippen molar-refractivity contribution in [1.29, 1.82) is 0 Å². The first kappa shape index (κ1) is 12.9. The summed E-state index contributed by atoms with van der Waals surface area (Å²) in [5.74, 6) is 0.254. The van der Waals surface area contributed by atoms with E-state index in [0.29, 0.717) is 0 Å². The summed E-state index contributed by atoms with van der Waals surface area (Å²) in [4.78, 5) is 2.31. The molecule has 1 N–H and O–H groups in total. The normalized spacial score (nSPS) is 19.7. The van der Waals surface area contributed by atoms with E-state index in [1.54, 1.807) is 14.1 Å². The third-order valence-electron chi connectivity index (χ3n) is 2.64. The molecule has 0 spiro atoms. The second-order valence-corrected chi connectivity index (χ2v) is 6.35. The molecular formula is C9H21N3O2S. The van der Waals surface area contributed by atoms with E-state index in [4.69, 9.17) is 0 Å². The number of nitrogens with zero attached hydrogens (tertiary/aromatic N) is 2. The summed E-state index contributed by atoms with van der Waals surface area (Å²) in [6.45, 7) is 4.97. The van der Waals surface area contributed by atoms with Gasteiger partial charge in [-0.2, -0.15) is 0 Å². The van der Waals surface area contributed by atoms with Gasteiger partial charge in [0.2, 0.25) is 10.0 Å². The second kappa shape index (κ2) is 5.79. The van der Waals surface area contributed by atoms with Gasteiger partial charge in [0, 0.05) is 40.3 Å². The Hall–Kier alpha value is -0.170. The molecule has 1 fully saturated rings. The van der Waals surface area contributed by atoms with E-state index in [9.17, 15) is 8.42 Å². The molecule has 0 aromatic heterocycles. The van der Waals surface area contributed by atoms with E-state index in [-0.39, 0.29) is 5.75 Å². The summed E-state index contributed by atoms with van der Waals surface area (Å²) >= 11 is 0. The van der Waals surface area contributed by atoms with Crippen molar-refractivity contribution in [3.63, 3.8) is 0 Å². The monoisotopic (exact) mass is 235 g/mol. The van der Waals surface area contributed by atoms with E-state index in [2.05, 4.69) is 10.2 Å². The Bertz CT molecular complexity index is 271. The molecule has 1 saturated heterocycles. The Kier molecular flexibility index (Phi) is 4.98. The third kappa shape index (κ3) is 4.46. The van der Waals surface area contributed by atoms with Gasteiger partial charge >= 0.3 is 0 Å². The van der Waals surface area contributed by atoms with E-state index in [1.807, 2.05) is 0 Å². The Morgan fingerprint density at radius 1 is 1.27 bits per heavy atom. The summed E-state index contributed by atoms with van der Waals surface area (Å²) in [5.41, 5.74) is 0. The van der Waals surface area contributed by atoms with Crippen molar-refractivity contribution in [2.75, 3.05) is 52.6 Å². The molecule has 0 amide bonds. The molecule has 0 aliphatic carbocycles. The van der Waals surface area contributed by atoms with Crippen LogP contribution in [0.5, 0.6) is 0 Å². The minimum atomic E-state index is -3.01. The number of hydrogen-bond donors (Lipinski definition) is 1. The molecule has 90 valence electrons. The fraction of sp³-hybridized carbons (Fsp3) is 1.00. The van der Waals surface area contributed by atoms with Crippen LogP contribution in [0.3, 0.4) is 0 Å². The van der Waals surface area contributed by atoms with E-state index in [0.717, 1.165) is 39.1 Å². The maximum atomic E-state index is 11.5. The van der Waals surface area contributed by atoms with Gasteiger partial charge in [-0.25, -0.2) is 12.7 Å². The molecule has 0 saturated carbocycles. The van der Waals surface area contributed by atoms with Gasteiger partial charge in [0.05, 0.1) is 5.75 Å². The average molecular weight is 235 g/mol. The first-order valence-corrected chi connectivity index (χ1v) is 6.96. The summed E-state index contributed by atoms with van der Waals surface area (Å²) in [6, 6.07) is 0. The van der Waals surface area contributed by atoms with Gasteiger partial charge in [0.15, 0.2) is 0 Å². The molecule has 0 bridgehead atoms. The number of hydrogen-bond acceptors (Lipinski definition) is 4. The highest BCUT2D eigenvalue weighted by Gasteiger charge is 2.15. The first-order valence-electron chi connectivity index (χ1n) is 5.35. The lowest BCUT2D eigenvalue weighted by Crippen LogP contribution is -2.44.